The Bertz CT molecular complexity index is 577. The highest BCUT2D eigenvalue weighted by Crippen LogP contribution is 2.31. The molecular weight excluding hydrogens is 277 g/mol. The molecule has 0 atom stereocenters. The van der Waals surface area contributed by atoms with Crippen molar-refractivity contribution in [3.63, 3.8) is 0 Å². The smallest absolute Gasteiger partial charge is 0.230 e. The van der Waals surface area contributed by atoms with Gasteiger partial charge in [0.2, 0.25) is 5.91 Å². The highest BCUT2D eigenvalue weighted by atomic mass is 79.9. The highest BCUT2D eigenvalue weighted by Gasteiger charge is 2.14. The lowest BCUT2D eigenvalue weighted by atomic mass is 10.2. The van der Waals surface area contributed by atoms with Gasteiger partial charge in [-0.2, -0.15) is 0 Å². The second-order valence-electron chi connectivity index (χ2n) is 3.42. The van der Waals surface area contributed by atoms with Crippen LogP contribution in [-0.4, -0.2) is 15.6 Å². The monoisotopic (exact) mass is 285 g/mol. The Balaban J connectivity index is 2.78. The van der Waals surface area contributed by atoms with Crippen molar-refractivity contribution in [2.75, 3.05) is 0 Å². The molecule has 16 heavy (non-hydrogen) atoms. The molecule has 1 aromatic carbocycles. The predicted octanol–water partition coefficient (Wildman–Crippen LogP) is 3.30. The minimum absolute atomic E-state index is 0.0943. The van der Waals surface area contributed by atoms with Crippen LogP contribution in [0.4, 0.5) is 4.39 Å². The minimum Gasteiger partial charge on any atom is -0.506 e. The van der Waals surface area contributed by atoms with Crippen molar-refractivity contribution in [2.24, 2.45) is 0 Å². The Morgan fingerprint density at radius 1 is 1.56 bits per heavy atom. The molecule has 0 amide bonds. The van der Waals surface area contributed by atoms with Crippen LogP contribution in [0.15, 0.2) is 22.8 Å². The summed E-state index contributed by atoms with van der Waals surface area (Å²) in [5, 5.41) is 9.93. The van der Waals surface area contributed by atoms with Crippen molar-refractivity contribution in [3.8, 4) is 5.75 Å². The van der Waals surface area contributed by atoms with E-state index < -0.39 is 5.82 Å². The van der Waals surface area contributed by atoms with Crippen LogP contribution in [0.3, 0.4) is 0 Å². The van der Waals surface area contributed by atoms with E-state index in [1.165, 1.54) is 22.9 Å². The number of hydrogen-bond donors (Lipinski definition) is 1. The average molecular weight is 286 g/mol. The minimum atomic E-state index is -0.468. The van der Waals surface area contributed by atoms with Crippen molar-refractivity contribution < 1.29 is 14.3 Å². The molecule has 0 radical (unpaired) electrons. The van der Waals surface area contributed by atoms with Gasteiger partial charge < -0.3 is 5.11 Å². The van der Waals surface area contributed by atoms with Gasteiger partial charge in [-0.05, 0) is 28.1 Å². The molecular formula is C11H9BrFNO2. The van der Waals surface area contributed by atoms with Crippen LogP contribution in [0, 0.1) is 5.82 Å². The van der Waals surface area contributed by atoms with Gasteiger partial charge in [0.05, 0.1) is 16.2 Å². The molecule has 0 unspecified atom stereocenters. The van der Waals surface area contributed by atoms with Gasteiger partial charge in [-0.1, -0.05) is 6.92 Å². The van der Waals surface area contributed by atoms with E-state index in [0.29, 0.717) is 17.3 Å². The zero-order valence-electron chi connectivity index (χ0n) is 8.50. The third-order valence-electron chi connectivity index (χ3n) is 2.40. The van der Waals surface area contributed by atoms with Gasteiger partial charge in [0.15, 0.2) is 0 Å². The number of nitrogens with zero attached hydrogens (tertiary/aromatic N) is 1. The van der Waals surface area contributed by atoms with Crippen LogP contribution in [0.2, 0.25) is 0 Å². The first-order chi connectivity index (χ1) is 7.54. The maximum absolute atomic E-state index is 13.3. The third kappa shape index (κ3) is 1.61. The van der Waals surface area contributed by atoms with E-state index in [1.54, 1.807) is 6.92 Å². The molecule has 2 aromatic rings. The number of carbonyl (C=O) groups excluding carboxylic acids is 1. The van der Waals surface area contributed by atoms with E-state index >= 15 is 0 Å². The Kier molecular flexibility index (Phi) is 2.71. The maximum Gasteiger partial charge on any atom is 0.230 e. The molecule has 1 N–H and O–H groups in total. The molecule has 0 aliphatic heterocycles. The average Bonchev–Trinajstić information content (AvgIpc) is 2.56. The summed E-state index contributed by atoms with van der Waals surface area (Å²) in [6.07, 6.45) is 1.63. The Morgan fingerprint density at radius 3 is 2.88 bits per heavy atom. The molecule has 84 valence electrons. The lowest BCUT2D eigenvalue weighted by Gasteiger charge is -2.01. The molecule has 3 nitrogen and oxygen atoms in total. The molecule has 0 bridgehead atoms. The van der Waals surface area contributed by atoms with E-state index in [2.05, 4.69) is 15.9 Å². The van der Waals surface area contributed by atoms with Crippen LogP contribution in [0.1, 0.15) is 18.1 Å². The Hall–Kier alpha value is -1.36. The van der Waals surface area contributed by atoms with Crippen molar-refractivity contribution in [1.82, 2.24) is 4.57 Å². The summed E-state index contributed by atoms with van der Waals surface area (Å²) >= 11 is 3.05. The van der Waals surface area contributed by atoms with Crippen LogP contribution in [-0.2, 0) is 0 Å². The molecule has 2 rings (SSSR count). The van der Waals surface area contributed by atoms with Gasteiger partial charge in [-0.25, -0.2) is 4.39 Å². The summed E-state index contributed by atoms with van der Waals surface area (Å²) < 4.78 is 14.9. The topological polar surface area (TPSA) is 42.2 Å². The van der Waals surface area contributed by atoms with Crippen molar-refractivity contribution in [1.29, 1.82) is 0 Å². The van der Waals surface area contributed by atoms with E-state index in [-0.39, 0.29) is 16.1 Å². The Labute approximate surface area is 99.6 Å². The SMILES string of the molecule is CCC(=O)n1cc(O)c2cc(F)c(Br)cc21. The molecule has 0 spiro atoms. The highest BCUT2D eigenvalue weighted by molar-refractivity contribution is 9.10. The number of aromatic hydroxyl groups is 1. The molecule has 0 aliphatic carbocycles. The van der Waals surface area contributed by atoms with E-state index in [0.717, 1.165) is 0 Å². The summed E-state index contributed by atoms with van der Waals surface area (Å²) in [7, 11) is 0. The van der Waals surface area contributed by atoms with Gasteiger partial charge in [-0.3, -0.25) is 9.36 Å². The summed E-state index contributed by atoms with van der Waals surface area (Å²) in [5.74, 6) is -0.712. The number of rotatable bonds is 1. The number of halogens is 2. The lowest BCUT2D eigenvalue weighted by Crippen LogP contribution is -2.06. The second-order valence-corrected chi connectivity index (χ2v) is 4.27. The zero-order valence-corrected chi connectivity index (χ0v) is 10.1. The van der Waals surface area contributed by atoms with Crippen LogP contribution in [0.5, 0.6) is 5.75 Å². The van der Waals surface area contributed by atoms with Crippen LogP contribution in [0.25, 0.3) is 10.9 Å². The van der Waals surface area contributed by atoms with Gasteiger partial charge in [0.25, 0.3) is 0 Å². The largest absolute Gasteiger partial charge is 0.506 e. The first-order valence-corrected chi connectivity index (χ1v) is 5.56. The summed E-state index contributed by atoms with van der Waals surface area (Å²) in [6, 6.07) is 2.69. The van der Waals surface area contributed by atoms with Crippen molar-refractivity contribution in [2.45, 2.75) is 13.3 Å². The number of aromatic nitrogens is 1. The van der Waals surface area contributed by atoms with Gasteiger partial charge in [0, 0.05) is 11.8 Å². The van der Waals surface area contributed by atoms with Gasteiger partial charge >= 0.3 is 0 Å². The summed E-state index contributed by atoms with van der Waals surface area (Å²) in [4.78, 5) is 11.6. The number of benzene rings is 1. The van der Waals surface area contributed by atoms with Crippen LogP contribution < -0.4 is 0 Å². The fraction of sp³-hybridized carbons (Fsp3) is 0.182. The van der Waals surface area contributed by atoms with Gasteiger partial charge in [-0.15, -0.1) is 0 Å². The fourth-order valence-electron chi connectivity index (χ4n) is 1.58. The van der Waals surface area contributed by atoms with E-state index in [9.17, 15) is 14.3 Å². The van der Waals surface area contributed by atoms with E-state index in [4.69, 9.17) is 0 Å². The van der Waals surface area contributed by atoms with Crippen molar-refractivity contribution in [3.05, 3.63) is 28.6 Å². The number of fused-ring (bicyclic) bond motifs is 1. The first-order valence-electron chi connectivity index (χ1n) is 4.77. The molecule has 0 saturated carbocycles. The quantitative estimate of drug-likeness (QED) is 0.874. The first kappa shape index (κ1) is 11.1. The molecule has 0 fully saturated rings. The standard InChI is InChI=1S/C11H9BrFNO2/c1-2-11(16)14-5-10(15)6-3-8(13)7(12)4-9(6)14/h3-5,15H,2H2,1H3. The maximum atomic E-state index is 13.3. The zero-order chi connectivity index (χ0) is 11.9. The fourth-order valence-corrected chi connectivity index (χ4v) is 1.91. The molecule has 1 aromatic heterocycles. The van der Waals surface area contributed by atoms with Crippen LogP contribution >= 0.6 is 15.9 Å². The normalized spacial score (nSPS) is 10.9. The molecule has 0 saturated heterocycles. The summed E-state index contributed by atoms with van der Waals surface area (Å²) in [5.41, 5.74) is 0.498. The van der Waals surface area contributed by atoms with Crippen molar-refractivity contribution >= 4 is 32.7 Å². The molecule has 1 heterocycles. The molecule has 0 aliphatic rings. The predicted molar refractivity (Wildman–Crippen MR) is 62.2 cm³/mol. The number of hydrogen-bond acceptors (Lipinski definition) is 2. The number of carbonyl (C=O) groups is 1. The lowest BCUT2D eigenvalue weighted by molar-refractivity contribution is 0.0913. The van der Waals surface area contributed by atoms with E-state index in [1.807, 2.05) is 0 Å². The Morgan fingerprint density at radius 2 is 2.25 bits per heavy atom. The summed E-state index contributed by atoms with van der Waals surface area (Å²) in [6.45, 7) is 1.73. The van der Waals surface area contributed by atoms with Gasteiger partial charge in [0.1, 0.15) is 11.6 Å². The third-order valence-corrected chi connectivity index (χ3v) is 3.00. The molecule has 5 heteroatoms. The second kappa shape index (κ2) is 3.90.